The zero-order chi connectivity index (χ0) is 25.4. The summed E-state index contributed by atoms with van der Waals surface area (Å²) in [6, 6.07) is 10.3. The maximum Gasteiger partial charge on any atom is 0.340 e. The molecule has 0 aliphatic rings. The first-order valence-electron chi connectivity index (χ1n) is 11.2. The molecule has 7 nitrogen and oxygen atoms in total. The molecule has 2 aromatic carbocycles. The van der Waals surface area contributed by atoms with Crippen LogP contribution in [0.2, 0.25) is 0 Å². The van der Waals surface area contributed by atoms with Crippen molar-refractivity contribution in [3.05, 3.63) is 65.5 Å². The van der Waals surface area contributed by atoms with Crippen molar-refractivity contribution in [2.45, 2.75) is 34.6 Å². The largest absolute Gasteiger partial charge is 0.478 e. The maximum absolute atomic E-state index is 13.3. The lowest BCUT2D eigenvalue weighted by Gasteiger charge is -2.32. The predicted octanol–water partition coefficient (Wildman–Crippen LogP) is 5.35. The fraction of sp³-hybridized carbons (Fsp3) is 0.346. The second kappa shape index (κ2) is 12.0. The number of carboxylic acids is 1. The number of nitrogens with zero attached hydrogens (tertiary/aromatic N) is 3. The summed E-state index contributed by atoms with van der Waals surface area (Å²) in [6.45, 7) is 11.6. The molecular formula is C26H33FN4O3. The first-order valence-corrected chi connectivity index (χ1v) is 11.2. The van der Waals surface area contributed by atoms with Gasteiger partial charge in [-0.2, -0.15) is 10.1 Å². The van der Waals surface area contributed by atoms with Crippen LogP contribution in [0.1, 0.15) is 45.7 Å². The number of carboxylic acid groups (broad SMARTS) is 1. The number of rotatable bonds is 10. The number of anilines is 2. The molecule has 0 atom stereocenters. The number of benzene rings is 2. The molecule has 0 aromatic heterocycles. The Morgan fingerprint density at radius 3 is 2.12 bits per heavy atom. The molecule has 2 amide bonds. The molecule has 0 saturated heterocycles. The van der Waals surface area contributed by atoms with E-state index in [1.807, 2.05) is 12.1 Å². The molecule has 8 heteroatoms. The highest BCUT2D eigenvalue weighted by Crippen LogP contribution is 2.34. The number of hydrogen-bond acceptors (Lipinski definition) is 4. The maximum atomic E-state index is 13.3. The number of halogens is 1. The van der Waals surface area contributed by atoms with E-state index in [0.29, 0.717) is 34.2 Å². The summed E-state index contributed by atoms with van der Waals surface area (Å²) in [5.74, 6) is -0.739. The Hall–Kier alpha value is -3.68. The first kappa shape index (κ1) is 26.6. The van der Waals surface area contributed by atoms with Gasteiger partial charge in [-0.25, -0.2) is 14.0 Å². The molecule has 2 aromatic rings. The molecule has 0 radical (unpaired) electrons. The van der Waals surface area contributed by atoms with Crippen molar-refractivity contribution in [2.75, 3.05) is 23.0 Å². The van der Waals surface area contributed by atoms with Gasteiger partial charge in [0, 0.05) is 19.2 Å². The van der Waals surface area contributed by atoms with Crippen molar-refractivity contribution in [1.29, 1.82) is 0 Å². The smallest absolute Gasteiger partial charge is 0.340 e. The van der Waals surface area contributed by atoms with Gasteiger partial charge in [-0.15, -0.1) is 0 Å². The summed E-state index contributed by atoms with van der Waals surface area (Å²) in [5.41, 5.74) is 8.64. The summed E-state index contributed by atoms with van der Waals surface area (Å²) >= 11 is 0. The SMILES string of the molecule is C/C(=C\C(=O)O)c1ccc(N(CC(C)C)CC(C)C)c(N(/N=C/c2ccc(F)cc2)C(N)=O)c1. The highest BCUT2D eigenvalue weighted by atomic mass is 19.1. The Labute approximate surface area is 200 Å². The second-order valence-electron chi connectivity index (χ2n) is 9.01. The molecule has 0 spiro atoms. The molecule has 0 aliphatic heterocycles. The van der Waals surface area contributed by atoms with Crippen molar-refractivity contribution in [3.63, 3.8) is 0 Å². The second-order valence-corrected chi connectivity index (χ2v) is 9.01. The normalized spacial score (nSPS) is 11.9. The van der Waals surface area contributed by atoms with Crippen LogP contribution in [0.25, 0.3) is 5.57 Å². The van der Waals surface area contributed by atoms with Gasteiger partial charge >= 0.3 is 12.0 Å². The van der Waals surface area contributed by atoms with Crippen LogP contribution in [0.4, 0.5) is 20.6 Å². The van der Waals surface area contributed by atoms with Gasteiger partial charge < -0.3 is 15.7 Å². The lowest BCUT2D eigenvalue weighted by atomic mass is 10.0. The summed E-state index contributed by atoms with van der Waals surface area (Å²) in [5, 5.41) is 14.6. The van der Waals surface area contributed by atoms with Crippen LogP contribution < -0.4 is 15.6 Å². The Morgan fingerprint density at radius 2 is 1.62 bits per heavy atom. The number of allylic oxidation sites excluding steroid dienone is 1. The summed E-state index contributed by atoms with van der Waals surface area (Å²) in [7, 11) is 0. The van der Waals surface area contributed by atoms with Crippen molar-refractivity contribution in [1.82, 2.24) is 0 Å². The van der Waals surface area contributed by atoms with Crippen molar-refractivity contribution >= 4 is 35.2 Å². The number of hydrazone groups is 1. The number of amides is 2. The number of urea groups is 1. The Morgan fingerprint density at radius 1 is 1.03 bits per heavy atom. The van der Waals surface area contributed by atoms with E-state index in [9.17, 15) is 14.0 Å². The fourth-order valence-electron chi connectivity index (χ4n) is 3.54. The molecule has 2 rings (SSSR count). The van der Waals surface area contributed by atoms with Crippen molar-refractivity contribution in [3.8, 4) is 0 Å². The van der Waals surface area contributed by atoms with E-state index in [0.717, 1.165) is 29.9 Å². The van der Waals surface area contributed by atoms with Gasteiger partial charge in [0.25, 0.3) is 0 Å². The molecule has 0 bridgehead atoms. The molecule has 0 aliphatic carbocycles. The average Bonchev–Trinajstić information content (AvgIpc) is 2.73. The Balaban J connectivity index is 2.66. The van der Waals surface area contributed by atoms with E-state index in [1.54, 1.807) is 25.1 Å². The quantitative estimate of drug-likeness (QED) is 0.279. The molecule has 0 unspecified atom stereocenters. The predicted molar refractivity (Wildman–Crippen MR) is 136 cm³/mol. The van der Waals surface area contributed by atoms with Crippen LogP contribution in [0, 0.1) is 17.7 Å². The molecule has 0 saturated carbocycles. The molecule has 3 N–H and O–H groups in total. The van der Waals surface area contributed by atoms with Crippen molar-refractivity contribution < 1.29 is 19.1 Å². The van der Waals surface area contributed by atoms with Gasteiger partial charge in [0.05, 0.1) is 17.6 Å². The van der Waals surface area contributed by atoms with Gasteiger partial charge in [0.1, 0.15) is 5.82 Å². The summed E-state index contributed by atoms with van der Waals surface area (Å²) in [4.78, 5) is 25.9. The Kier molecular flexibility index (Phi) is 9.36. The van der Waals surface area contributed by atoms with Gasteiger partial charge in [-0.3, -0.25) is 0 Å². The van der Waals surface area contributed by atoms with Gasteiger partial charge in [-0.05, 0) is 59.7 Å². The highest BCUT2D eigenvalue weighted by Gasteiger charge is 2.22. The molecule has 0 heterocycles. The minimum atomic E-state index is -1.06. The van der Waals surface area contributed by atoms with Crippen LogP contribution in [0.3, 0.4) is 0 Å². The fourth-order valence-corrected chi connectivity index (χ4v) is 3.54. The van der Waals surface area contributed by atoms with Crippen LogP contribution in [-0.2, 0) is 4.79 Å². The molecule has 182 valence electrons. The van der Waals surface area contributed by atoms with Gasteiger partial charge in [0.2, 0.25) is 0 Å². The van der Waals surface area contributed by atoms with E-state index < -0.39 is 12.0 Å². The summed E-state index contributed by atoms with van der Waals surface area (Å²) < 4.78 is 13.3. The van der Waals surface area contributed by atoms with Gasteiger partial charge in [-0.1, -0.05) is 45.9 Å². The number of carbonyl (C=O) groups is 2. The Bertz CT molecular complexity index is 1050. The number of nitrogens with two attached hydrogens (primary N) is 1. The van der Waals surface area contributed by atoms with Crippen LogP contribution in [-0.4, -0.2) is 36.4 Å². The molecular weight excluding hydrogens is 435 g/mol. The molecule has 0 fully saturated rings. The minimum absolute atomic E-state index is 0.352. The first-order chi connectivity index (χ1) is 16.0. The number of primary amides is 1. The average molecular weight is 469 g/mol. The van der Waals surface area contributed by atoms with E-state index in [1.165, 1.54) is 18.3 Å². The van der Waals surface area contributed by atoms with E-state index >= 15 is 0 Å². The zero-order valence-corrected chi connectivity index (χ0v) is 20.3. The van der Waals surface area contributed by atoms with E-state index in [2.05, 4.69) is 37.7 Å². The topological polar surface area (TPSA) is 99.2 Å². The number of carbonyl (C=O) groups excluding carboxylic acids is 1. The number of hydrogen-bond donors (Lipinski definition) is 2. The monoisotopic (exact) mass is 468 g/mol. The lowest BCUT2D eigenvalue weighted by molar-refractivity contribution is -0.131. The molecule has 34 heavy (non-hydrogen) atoms. The van der Waals surface area contributed by atoms with E-state index in [4.69, 9.17) is 10.8 Å². The highest BCUT2D eigenvalue weighted by molar-refractivity contribution is 5.98. The standard InChI is InChI=1S/C26H33FN4O3/c1-17(2)15-30(16-18(3)4)23-11-8-21(19(5)12-25(32)33)13-24(23)31(26(28)34)29-14-20-6-9-22(27)10-7-20/h6-14,17-18H,15-16H2,1-5H3,(H2,28,34)(H,32,33)/b19-12+,29-14+. The zero-order valence-electron chi connectivity index (χ0n) is 20.3. The van der Waals surface area contributed by atoms with Crippen LogP contribution in [0.5, 0.6) is 0 Å². The van der Waals surface area contributed by atoms with Crippen LogP contribution >= 0.6 is 0 Å². The van der Waals surface area contributed by atoms with Crippen LogP contribution in [0.15, 0.2) is 53.6 Å². The third-order valence-corrected chi connectivity index (χ3v) is 4.91. The third-order valence-electron chi connectivity index (χ3n) is 4.91. The van der Waals surface area contributed by atoms with Gasteiger partial charge in [0.15, 0.2) is 0 Å². The summed E-state index contributed by atoms with van der Waals surface area (Å²) in [6.07, 6.45) is 2.53. The number of aliphatic carboxylic acids is 1. The third kappa shape index (κ3) is 7.72. The minimum Gasteiger partial charge on any atom is -0.478 e. The van der Waals surface area contributed by atoms with Crippen molar-refractivity contribution in [2.24, 2.45) is 22.7 Å². The lowest BCUT2D eigenvalue weighted by Crippen LogP contribution is -2.36. The van der Waals surface area contributed by atoms with E-state index in [-0.39, 0.29) is 5.82 Å².